The van der Waals surface area contributed by atoms with Crippen molar-refractivity contribution in [1.82, 2.24) is 24.1 Å². The van der Waals surface area contributed by atoms with E-state index in [4.69, 9.17) is 23.2 Å². The summed E-state index contributed by atoms with van der Waals surface area (Å²) in [6.07, 6.45) is 9.06. The number of fused-ring (bicyclic) bond motifs is 2. The largest absolute Gasteiger partial charge is 0.291 e. The maximum absolute atomic E-state index is 14.5. The van der Waals surface area contributed by atoms with Gasteiger partial charge in [0.25, 0.3) is 0 Å². The van der Waals surface area contributed by atoms with Gasteiger partial charge in [-0.15, -0.1) is 0 Å². The first-order chi connectivity index (χ1) is 20.2. The van der Waals surface area contributed by atoms with E-state index in [1.807, 2.05) is 24.2 Å². The van der Waals surface area contributed by atoms with E-state index in [1.54, 1.807) is 53.5 Å². The van der Waals surface area contributed by atoms with Gasteiger partial charge in [0, 0.05) is 29.5 Å². The Labute approximate surface area is 256 Å². The minimum atomic E-state index is -1.52. The molecule has 1 saturated carbocycles. The first-order valence-electron chi connectivity index (χ1n) is 13.7. The highest BCUT2D eigenvalue weighted by molar-refractivity contribution is 7.82. The van der Waals surface area contributed by atoms with Crippen molar-refractivity contribution >= 4 is 46.0 Å². The van der Waals surface area contributed by atoms with Gasteiger partial charge in [-0.25, -0.2) is 22.6 Å². The third kappa shape index (κ3) is 5.24. The molecule has 3 heterocycles. The van der Waals surface area contributed by atoms with Gasteiger partial charge in [0.1, 0.15) is 27.6 Å². The summed E-state index contributed by atoms with van der Waals surface area (Å²) in [5.41, 5.74) is 2.84. The predicted octanol–water partition coefficient (Wildman–Crippen LogP) is 6.90. The number of rotatable bonds is 7. The average molecular weight is 625 g/mol. The number of hydrogen-bond donors (Lipinski definition) is 0. The molecule has 11 heteroatoms. The van der Waals surface area contributed by atoms with Gasteiger partial charge in [0.2, 0.25) is 0 Å². The molecular formula is C31H28Cl2FN5O2S. The minimum Gasteiger partial charge on any atom is -0.291 e. The van der Waals surface area contributed by atoms with E-state index < -0.39 is 16.4 Å². The summed E-state index contributed by atoms with van der Waals surface area (Å²) in [5.74, 6) is -0.444. The zero-order valence-electron chi connectivity index (χ0n) is 23.0. The molecule has 3 atom stereocenters. The highest BCUT2D eigenvalue weighted by Gasteiger charge is 2.51. The Morgan fingerprint density at radius 3 is 2.60 bits per heavy atom. The van der Waals surface area contributed by atoms with E-state index in [0.29, 0.717) is 46.4 Å². The van der Waals surface area contributed by atoms with Crippen molar-refractivity contribution in [3.05, 3.63) is 106 Å². The van der Waals surface area contributed by atoms with Crippen LogP contribution in [-0.2, 0) is 17.4 Å². The SMILES string of the molecule is CC(C)N(C1CCC2=Cc3c(cnn3-c3ccc(F)cc3)CC2(C(=O)c2cc(Cl)ccn2)C1)S(=O)c1ccc(Cl)nc1. The van der Waals surface area contributed by atoms with Crippen LogP contribution in [0.25, 0.3) is 11.8 Å². The van der Waals surface area contributed by atoms with Crippen LogP contribution in [0.1, 0.15) is 54.9 Å². The molecule has 3 aromatic heterocycles. The molecule has 4 aromatic rings. The van der Waals surface area contributed by atoms with Crippen molar-refractivity contribution in [2.75, 3.05) is 0 Å². The van der Waals surface area contributed by atoms with Gasteiger partial charge in [-0.2, -0.15) is 5.10 Å². The van der Waals surface area contributed by atoms with Gasteiger partial charge in [0.15, 0.2) is 5.78 Å². The van der Waals surface area contributed by atoms with Crippen molar-refractivity contribution in [3.63, 3.8) is 0 Å². The number of nitrogens with zero attached hydrogens (tertiary/aromatic N) is 5. The number of benzene rings is 1. The summed E-state index contributed by atoms with van der Waals surface area (Å²) in [5, 5.41) is 5.38. The van der Waals surface area contributed by atoms with E-state index in [0.717, 1.165) is 22.5 Å². The van der Waals surface area contributed by atoms with Crippen LogP contribution in [-0.4, -0.2) is 46.1 Å². The smallest absolute Gasteiger partial charge is 0.191 e. The van der Waals surface area contributed by atoms with Crippen LogP contribution in [0, 0.1) is 11.2 Å². The predicted molar refractivity (Wildman–Crippen MR) is 161 cm³/mol. The molecule has 0 saturated heterocycles. The standard InChI is InChI=1S/C31H28Cl2FN5O2S/c1-19(2)39(42(41)26-9-10-29(33)36-18-26)25-6-3-21-13-28-20(17-37-38(28)24-7-4-23(34)5-8-24)15-31(21,16-25)30(40)27-14-22(32)11-12-35-27/h4-5,7-14,17-19,25H,3,6,15-16H2,1-2H3. The van der Waals surface area contributed by atoms with Gasteiger partial charge in [-0.3, -0.25) is 9.78 Å². The summed E-state index contributed by atoms with van der Waals surface area (Å²) in [4.78, 5) is 23.6. The number of carbonyl (C=O) groups excluding carboxylic acids is 1. The molecule has 2 aliphatic carbocycles. The number of pyridine rings is 2. The Balaban J connectivity index is 1.43. The normalized spacial score (nSPS) is 20.6. The van der Waals surface area contributed by atoms with E-state index in [9.17, 15) is 13.4 Å². The fraction of sp³-hybridized carbons (Fsp3) is 0.290. The third-order valence-electron chi connectivity index (χ3n) is 8.06. The molecule has 7 nitrogen and oxygen atoms in total. The highest BCUT2D eigenvalue weighted by atomic mass is 35.5. The van der Waals surface area contributed by atoms with Gasteiger partial charge in [0.05, 0.1) is 27.9 Å². The molecule has 0 spiro atoms. The summed E-state index contributed by atoms with van der Waals surface area (Å²) in [7, 11) is -1.52. The number of hydrogen-bond acceptors (Lipinski definition) is 5. The first-order valence-corrected chi connectivity index (χ1v) is 15.5. The Bertz CT molecular complexity index is 1710. The van der Waals surface area contributed by atoms with Crippen LogP contribution in [0.15, 0.2) is 77.6 Å². The Morgan fingerprint density at radius 2 is 1.90 bits per heavy atom. The lowest BCUT2D eigenvalue weighted by Gasteiger charge is -2.47. The zero-order valence-corrected chi connectivity index (χ0v) is 25.3. The van der Waals surface area contributed by atoms with Crippen LogP contribution in [0.5, 0.6) is 0 Å². The van der Waals surface area contributed by atoms with Gasteiger partial charge in [-0.1, -0.05) is 28.8 Å². The van der Waals surface area contributed by atoms with Crippen molar-refractivity contribution in [1.29, 1.82) is 0 Å². The van der Waals surface area contributed by atoms with E-state index in [-0.39, 0.29) is 23.7 Å². The molecule has 2 aliphatic rings. The number of carbonyl (C=O) groups is 1. The quantitative estimate of drug-likeness (QED) is 0.165. The van der Waals surface area contributed by atoms with Crippen molar-refractivity contribution in [2.45, 2.75) is 56.5 Å². The molecule has 0 amide bonds. The topological polar surface area (TPSA) is 81.0 Å². The van der Waals surface area contributed by atoms with Crippen molar-refractivity contribution < 1.29 is 13.4 Å². The maximum Gasteiger partial charge on any atom is 0.191 e. The fourth-order valence-corrected chi connectivity index (χ4v) is 7.87. The molecule has 42 heavy (non-hydrogen) atoms. The number of ketones is 1. The van der Waals surface area contributed by atoms with Crippen LogP contribution < -0.4 is 0 Å². The van der Waals surface area contributed by atoms with E-state index in [2.05, 4.69) is 15.1 Å². The Hall–Kier alpha value is -3.24. The summed E-state index contributed by atoms with van der Waals surface area (Å²) < 4.78 is 31.3. The summed E-state index contributed by atoms with van der Waals surface area (Å²) in [6, 6.07) is 12.5. The second-order valence-electron chi connectivity index (χ2n) is 11.0. The Morgan fingerprint density at radius 1 is 1.12 bits per heavy atom. The number of allylic oxidation sites excluding steroid dienone is 1. The lowest BCUT2D eigenvalue weighted by Crippen LogP contribution is -2.51. The maximum atomic E-state index is 14.5. The molecule has 0 bridgehead atoms. The second-order valence-corrected chi connectivity index (χ2v) is 13.2. The van der Waals surface area contributed by atoms with E-state index in [1.165, 1.54) is 18.3 Å². The monoisotopic (exact) mass is 623 g/mol. The number of aromatic nitrogens is 4. The highest BCUT2D eigenvalue weighted by Crippen LogP contribution is 2.51. The minimum absolute atomic E-state index is 0.0751. The van der Waals surface area contributed by atoms with Crippen molar-refractivity contribution in [3.8, 4) is 5.69 Å². The average Bonchev–Trinajstić information content (AvgIpc) is 3.38. The first kappa shape index (κ1) is 28.9. The van der Waals surface area contributed by atoms with Crippen LogP contribution >= 0.6 is 23.2 Å². The van der Waals surface area contributed by atoms with Gasteiger partial charge in [-0.05, 0) is 99.7 Å². The number of Topliss-reactive ketones (excluding diaryl/α,β-unsaturated/α-hetero) is 1. The lowest BCUT2D eigenvalue weighted by molar-refractivity contribution is 0.0727. The number of halogens is 3. The van der Waals surface area contributed by atoms with Crippen LogP contribution in [0.4, 0.5) is 4.39 Å². The molecule has 1 fully saturated rings. The lowest BCUT2D eigenvalue weighted by atomic mass is 9.60. The molecule has 0 radical (unpaired) electrons. The van der Waals surface area contributed by atoms with E-state index >= 15 is 0 Å². The molecule has 3 unspecified atom stereocenters. The molecule has 216 valence electrons. The van der Waals surface area contributed by atoms with Crippen molar-refractivity contribution in [2.24, 2.45) is 5.41 Å². The van der Waals surface area contributed by atoms with Crippen LogP contribution in [0.2, 0.25) is 10.2 Å². The molecule has 0 aliphatic heterocycles. The fourth-order valence-electron chi connectivity index (χ4n) is 6.20. The molecule has 1 aromatic carbocycles. The van der Waals surface area contributed by atoms with Crippen LogP contribution in [0.3, 0.4) is 0 Å². The Kier molecular flexibility index (Phi) is 7.87. The zero-order chi connectivity index (χ0) is 29.6. The molecular weight excluding hydrogens is 596 g/mol. The van der Waals surface area contributed by atoms with Gasteiger partial charge < -0.3 is 0 Å². The third-order valence-corrected chi connectivity index (χ3v) is 10.3. The summed E-state index contributed by atoms with van der Waals surface area (Å²) in [6.45, 7) is 4.01. The molecule has 6 rings (SSSR count). The second kappa shape index (κ2) is 11.4. The summed E-state index contributed by atoms with van der Waals surface area (Å²) >= 11 is 12.3. The van der Waals surface area contributed by atoms with Gasteiger partial charge >= 0.3 is 0 Å². The molecule has 0 N–H and O–H groups in total.